The molecule has 1 saturated heterocycles. The van der Waals surface area contributed by atoms with Crippen molar-refractivity contribution >= 4 is 6.09 Å². The molecular weight excluding hydrogens is 234 g/mol. The Morgan fingerprint density at radius 2 is 2.17 bits per heavy atom. The molecule has 0 saturated carbocycles. The van der Waals surface area contributed by atoms with Gasteiger partial charge in [0.25, 0.3) is 0 Å². The highest BCUT2D eigenvalue weighted by Crippen LogP contribution is 2.27. The molecule has 6 heteroatoms. The summed E-state index contributed by atoms with van der Waals surface area (Å²) in [6.07, 6.45) is 0.558. The van der Waals surface area contributed by atoms with Gasteiger partial charge in [-0.05, 0) is 27.2 Å². The molecule has 2 rings (SSSR count). The van der Waals surface area contributed by atoms with E-state index >= 15 is 0 Å². The van der Waals surface area contributed by atoms with E-state index in [1.807, 2.05) is 20.8 Å². The minimum Gasteiger partial charge on any atom is -0.444 e. The molecule has 1 aliphatic heterocycles. The highest BCUT2D eigenvalue weighted by atomic mass is 16.6. The van der Waals surface area contributed by atoms with Crippen molar-refractivity contribution in [2.75, 3.05) is 13.1 Å². The van der Waals surface area contributed by atoms with Crippen molar-refractivity contribution in [1.29, 1.82) is 0 Å². The normalized spacial score (nSPS) is 20.2. The predicted molar refractivity (Wildman–Crippen MR) is 64.2 cm³/mol. The highest BCUT2D eigenvalue weighted by molar-refractivity contribution is 5.68. The first-order chi connectivity index (χ1) is 8.35. The van der Waals surface area contributed by atoms with E-state index in [4.69, 9.17) is 9.15 Å². The van der Waals surface area contributed by atoms with E-state index in [9.17, 15) is 4.79 Å². The van der Waals surface area contributed by atoms with Crippen LogP contribution in [0, 0.1) is 6.92 Å². The molecule has 0 aromatic carbocycles. The fourth-order valence-electron chi connectivity index (χ4n) is 1.93. The highest BCUT2D eigenvalue weighted by Gasteiger charge is 2.33. The van der Waals surface area contributed by atoms with E-state index in [-0.39, 0.29) is 12.0 Å². The molecule has 18 heavy (non-hydrogen) atoms. The maximum absolute atomic E-state index is 11.9. The molecule has 6 nitrogen and oxygen atoms in total. The van der Waals surface area contributed by atoms with Crippen molar-refractivity contribution in [2.45, 2.75) is 45.6 Å². The van der Waals surface area contributed by atoms with Crippen molar-refractivity contribution in [3.63, 3.8) is 0 Å². The molecule has 0 spiro atoms. The lowest BCUT2D eigenvalue weighted by Gasteiger charge is -2.24. The number of hydrogen-bond donors (Lipinski definition) is 0. The van der Waals surface area contributed by atoms with Crippen molar-refractivity contribution < 1.29 is 13.9 Å². The van der Waals surface area contributed by atoms with E-state index in [0.717, 1.165) is 6.42 Å². The SMILES string of the molecule is Cc1nnc(C2CCN(C(=O)OC(C)(C)C)C2)o1. The summed E-state index contributed by atoms with van der Waals surface area (Å²) in [5.74, 6) is 1.29. The summed E-state index contributed by atoms with van der Waals surface area (Å²) in [5.41, 5.74) is -0.462. The summed E-state index contributed by atoms with van der Waals surface area (Å²) in [4.78, 5) is 13.6. The summed E-state index contributed by atoms with van der Waals surface area (Å²) in [7, 11) is 0. The van der Waals surface area contributed by atoms with Gasteiger partial charge in [-0.1, -0.05) is 0 Å². The van der Waals surface area contributed by atoms with Crippen LogP contribution in [0.25, 0.3) is 0 Å². The Hall–Kier alpha value is -1.59. The van der Waals surface area contributed by atoms with Crippen molar-refractivity contribution in [3.05, 3.63) is 11.8 Å². The Balaban J connectivity index is 1.94. The van der Waals surface area contributed by atoms with Gasteiger partial charge in [-0.2, -0.15) is 0 Å². The lowest BCUT2D eigenvalue weighted by Crippen LogP contribution is -2.35. The van der Waals surface area contributed by atoms with Gasteiger partial charge in [-0.3, -0.25) is 0 Å². The minimum atomic E-state index is -0.462. The van der Waals surface area contributed by atoms with Gasteiger partial charge in [0.05, 0.1) is 5.92 Å². The van der Waals surface area contributed by atoms with Gasteiger partial charge >= 0.3 is 6.09 Å². The number of hydrogen-bond acceptors (Lipinski definition) is 5. The second kappa shape index (κ2) is 4.59. The molecule has 2 heterocycles. The van der Waals surface area contributed by atoms with Crippen LogP contribution >= 0.6 is 0 Å². The summed E-state index contributed by atoms with van der Waals surface area (Å²) in [6.45, 7) is 8.59. The number of amides is 1. The first kappa shape index (κ1) is 12.9. The molecule has 0 bridgehead atoms. The third-order valence-corrected chi connectivity index (χ3v) is 2.73. The van der Waals surface area contributed by atoms with Crippen molar-refractivity contribution in [2.24, 2.45) is 0 Å². The molecule has 0 radical (unpaired) electrons. The standard InChI is InChI=1S/C12H19N3O3/c1-8-13-14-10(17-8)9-5-6-15(7-9)11(16)18-12(2,3)4/h9H,5-7H2,1-4H3. The maximum atomic E-state index is 11.9. The topological polar surface area (TPSA) is 68.5 Å². The Morgan fingerprint density at radius 3 is 2.72 bits per heavy atom. The molecule has 1 unspecified atom stereocenters. The third-order valence-electron chi connectivity index (χ3n) is 2.73. The Kier molecular flexibility index (Phi) is 3.28. The smallest absolute Gasteiger partial charge is 0.410 e. The average molecular weight is 253 g/mol. The van der Waals surface area contributed by atoms with Crippen LogP contribution in [0.2, 0.25) is 0 Å². The fraction of sp³-hybridized carbons (Fsp3) is 0.750. The summed E-state index contributed by atoms with van der Waals surface area (Å²) in [6, 6.07) is 0. The second-order valence-electron chi connectivity index (χ2n) is 5.57. The minimum absolute atomic E-state index is 0.124. The van der Waals surface area contributed by atoms with Gasteiger partial charge in [0.15, 0.2) is 0 Å². The van der Waals surface area contributed by atoms with Gasteiger partial charge in [0, 0.05) is 20.0 Å². The lowest BCUT2D eigenvalue weighted by atomic mass is 10.1. The average Bonchev–Trinajstić information content (AvgIpc) is 2.82. The molecule has 1 aliphatic rings. The third kappa shape index (κ3) is 3.00. The number of aryl methyl sites for hydroxylation is 1. The van der Waals surface area contributed by atoms with Crippen LogP contribution in [0.1, 0.15) is 44.9 Å². The second-order valence-corrected chi connectivity index (χ2v) is 5.57. The van der Waals surface area contributed by atoms with Crippen LogP contribution in [0.3, 0.4) is 0 Å². The largest absolute Gasteiger partial charge is 0.444 e. The van der Waals surface area contributed by atoms with E-state index in [1.165, 1.54) is 0 Å². The van der Waals surface area contributed by atoms with Crippen LogP contribution < -0.4 is 0 Å². The van der Waals surface area contributed by atoms with Crippen LogP contribution in [-0.4, -0.2) is 39.9 Å². The molecular formula is C12H19N3O3. The number of ether oxygens (including phenoxy) is 1. The molecule has 1 aromatic rings. The molecule has 1 atom stereocenters. The number of carbonyl (C=O) groups is 1. The van der Waals surface area contributed by atoms with Gasteiger partial charge in [0.2, 0.25) is 11.8 Å². The molecule has 1 fully saturated rings. The number of likely N-dealkylation sites (tertiary alicyclic amines) is 1. The Labute approximate surface area is 106 Å². The zero-order valence-corrected chi connectivity index (χ0v) is 11.3. The van der Waals surface area contributed by atoms with E-state index in [1.54, 1.807) is 11.8 Å². The van der Waals surface area contributed by atoms with Crippen LogP contribution in [0.5, 0.6) is 0 Å². The van der Waals surface area contributed by atoms with E-state index in [0.29, 0.717) is 24.9 Å². The molecule has 1 amide bonds. The fourth-order valence-corrected chi connectivity index (χ4v) is 1.93. The van der Waals surface area contributed by atoms with Crippen LogP contribution in [-0.2, 0) is 4.74 Å². The summed E-state index contributed by atoms with van der Waals surface area (Å²) < 4.78 is 10.7. The van der Waals surface area contributed by atoms with Gasteiger partial charge in [0.1, 0.15) is 5.60 Å². The molecule has 0 N–H and O–H groups in total. The first-order valence-electron chi connectivity index (χ1n) is 6.13. The molecule has 100 valence electrons. The number of aromatic nitrogens is 2. The predicted octanol–water partition coefficient (Wildman–Crippen LogP) is 2.10. The monoisotopic (exact) mass is 253 g/mol. The Morgan fingerprint density at radius 1 is 1.44 bits per heavy atom. The van der Waals surface area contributed by atoms with Crippen LogP contribution in [0.15, 0.2) is 4.42 Å². The number of carbonyl (C=O) groups excluding carboxylic acids is 1. The van der Waals surface area contributed by atoms with Gasteiger partial charge in [-0.15, -0.1) is 10.2 Å². The maximum Gasteiger partial charge on any atom is 0.410 e. The first-order valence-corrected chi connectivity index (χ1v) is 6.13. The van der Waals surface area contributed by atoms with Crippen molar-refractivity contribution in [1.82, 2.24) is 15.1 Å². The van der Waals surface area contributed by atoms with Gasteiger partial charge in [-0.25, -0.2) is 4.79 Å². The summed E-state index contributed by atoms with van der Waals surface area (Å²) in [5, 5.41) is 7.81. The van der Waals surface area contributed by atoms with Crippen molar-refractivity contribution in [3.8, 4) is 0 Å². The lowest BCUT2D eigenvalue weighted by molar-refractivity contribution is 0.0291. The zero-order valence-electron chi connectivity index (χ0n) is 11.3. The Bertz CT molecular complexity index is 436. The molecule has 0 aliphatic carbocycles. The van der Waals surface area contributed by atoms with Crippen LogP contribution in [0.4, 0.5) is 4.79 Å². The molecule has 1 aromatic heterocycles. The van der Waals surface area contributed by atoms with Gasteiger partial charge < -0.3 is 14.1 Å². The summed E-state index contributed by atoms with van der Waals surface area (Å²) >= 11 is 0. The zero-order chi connectivity index (χ0) is 13.3. The van der Waals surface area contributed by atoms with E-state index in [2.05, 4.69) is 10.2 Å². The van der Waals surface area contributed by atoms with E-state index < -0.39 is 5.60 Å². The number of rotatable bonds is 1. The number of nitrogens with zero attached hydrogens (tertiary/aromatic N) is 3. The quantitative estimate of drug-likeness (QED) is 0.766.